The van der Waals surface area contributed by atoms with Crippen LogP contribution in [0.25, 0.3) is 0 Å². The zero-order valence-electron chi connectivity index (χ0n) is 21.0. The molecule has 0 saturated carbocycles. The quantitative estimate of drug-likeness (QED) is 0.546. The lowest BCUT2D eigenvalue weighted by Crippen LogP contribution is -2.51. The Morgan fingerprint density at radius 2 is 1.44 bits per heavy atom. The number of carbonyl (C=O) groups is 2. The Bertz CT molecular complexity index is 1200. The van der Waals surface area contributed by atoms with Crippen LogP contribution in [0, 0.1) is 12.8 Å². The predicted octanol–water partition coefficient (Wildman–Crippen LogP) is 4.21. The predicted molar refractivity (Wildman–Crippen MR) is 142 cm³/mol. The maximum Gasteiger partial charge on any atom is 0.253 e. The molecule has 186 valence electrons. The molecule has 3 aromatic carbocycles. The van der Waals surface area contributed by atoms with Crippen LogP contribution in [0.2, 0.25) is 0 Å². The lowest BCUT2D eigenvalue weighted by atomic mass is 9.87. The van der Waals surface area contributed by atoms with Crippen LogP contribution in [0.5, 0.6) is 5.75 Å². The summed E-state index contributed by atoms with van der Waals surface area (Å²) in [6, 6.07) is 25.6. The molecule has 0 aromatic heterocycles. The highest BCUT2D eigenvalue weighted by molar-refractivity contribution is 5.95. The van der Waals surface area contributed by atoms with Gasteiger partial charge in [0.15, 0.2) is 0 Å². The molecule has 2 aliphatic rings. The van der Waals surface area contributed by atoms with Gasteiger partial charge in [-0.05, 0) is 48.4 Å². The summed E-state index contributed by atoms with van der Waals surface area (Å²) in [6.07, 6.45) is 0. The fraction of sp³-hybridized carbons (Fsp3) is 0.333. The van der Waals surface area contributed by atoms with Gasteiger partial charge in [-0.3, -0.25) is 9.59 Å². The van der Waals surface area contributed by atoms with Gasteiger partial charge in [-0.1, -0.05) is 48.5 Å². The lowest BCUT2D eigenvalue weighted by molar-refractivity contribution is -0.135. The molecular formula is C30H33N3O3. The average Bonchev–Trinajstić information content (AvgIpc) is 3.39. The van der Waals surface area contributed by atoms with E-state index < -0.39 is 0 Å². The molecule has 3 aromatic rings. The minimum Gasteiger partial charge on any atom is -0.497 e. The Morgan fingerprint density at radius 3 is 2.11 bits per heavy atom. The number of methoxy groups -OCH3 is 1. The molecular weight excluding hydrogens is 450 g/mol. The van der Waals surface area contributed by atoms with Gasteiger partial charge in [0.2, 0.25) is 5.91 Å². The molecule has 0 aliphatic carbocycles. The van der Waals surface area contributed by atoms with Crippen LogP contribution >= 0.6 is 0 Å². The molecule has 2 heterocycles. The van der Waals surface area contributed by atoms with Gasteiger partial charge in [-0.2, -0.15) is 0 Å². The van der Waals surface area contributed by atoms with E-state index >= 15 is 0 Å². The van der Waals surface area contributed by atoms with Crippen molar-refractivity contribution in [1.82, 2.24) is 9.80 Å². The largest absolute Gasteiger partial charge is 0.497 e. The monoisotopic (exact) mass is 483 g/mol. The van der Waals surface area contributed by atoms with Gasteiger partial charge in [0.05, 0.1) is 13.0 Å². The van der Waals surface area contributed by atoms with E-state index in [1.54, 1.807) is 7.11 Å². The number of para-hydroxylation sites is 1. The van der Waals surface area contributed by atoms with Crippen molar-refractivity contribution >= 4 is 17.5 Å². The number of hydrogen-bond acceptors (Lipinski definition) is 4. The van der Waals surface area contributed by atoms with Gasteiger partial charge in [-0.15, -0.1) is 0 Å². The lowest BCUT2D eigenvalue weighted by Gasteiger charge is -2.38. The van der Waals surface area contributed by atoms with Crippen molar-refractivity contribution in [3.63, 3.8) is 0 Å². The molecule has 5 rings (SSSR count). The molecule has 0 unspecified atom stereocenters. The number of hydrogen-bond donors (Lipinski definition) is 0. The summed E-state index contributed by atoms with van der Waals surface area (Å²) in [5, 5.41) is 0. The van der Waals surface area contributed by atoms with E-state index in [2.05, 4.69) is 36.1 Å². The SMILES string of the molecule is COc1ccc([C@H]2CN(C(=O)c3ccccc3)C[C@H]2C(=O)N2CCN(c3ccccc3C)CC2)cc1. The number of ether oxygens (including phenoxy) is 1. The van der Waals surface area contributed by atoms with Crippen molar-refractivity contribution in [3.05, 3.63) is 95.6 Å². The number of anilines is 1. The number of benzene rings is 3. The van der Waals surface area contributed by atoms with E-state index in [1.807, 2.05) is 64.4 Å². The van der Waals surface area contributed by atoms with Crippen LogP contribution in [0.4, 0.5) is 5.69 Å². The van der Waals surface area contributed by atoms with E-state index in [4.69, 9.17) is 4.74 Å². The maximum absolute atomic E-state index is 13.9. The highest BCUT2D eigenvalue weighted by atomic mass is 16.5. The summed E-state index contributed by atoms with van der Waals surface area (Å²) in [5.41, 5.74) is 4.21. The molecule has 2 amide bonds. The standard InChI is InChI=1S/C30H33N3O3/c1-22-8-6-7-11-28(22)31-16-18-32(19-17-31)30(35)27-21-33(29(34)24-9-4-3-5-10-24)20-26(27)23-12-14-25(36-2)15-13-23/h3-15,26-27H,16-21H2,1-2H3/t26-,27-/m1/s1. The molecule has 2 atom stereocenters. The number of piperazine rings is 1. The summed E-state index contributed by atoms with van der Waals surface area (Å²) in [5.74, 6) is 0.586. The Balaban J connectivity index is 1.34. The number of nitrogens with zero attached hydrogens (tertiary/aromatic N) is 3. The summed E-state index contributed by atoms with van der Waals surface area (Å²) in [7, 11) is 1.65. The third kappa shape index (κ3) is 4.81. The van der Waals surface area contributed by atoms with Crippen molar-refractivity contribution < 1.29 is 14.3 Å². The van der Waals surface area contributed by atoms with Crippen molar-refractivity contribution in [3.8, 4) is 5.75 Å². The second-order valence-corrected chi connectivity index (χ2v) is 9.66. The number of rotatable bonds is 5. The van der Waals surface area contributed by atoms with Crippen LogP contribution in [-0.2, 0) is 4.79 Å². The van der Waals surface area contributed by atoms with Gasteiger partial charge < -0.3 is 19.4 Å². The number of likely N-dealkylation sites (tertiary alicyclic amines) is 1. The average molecular weight is 484 g/mol. The second-order valence-electron chi connectivity index (χ2n) is 9.66. The third-order valence-corrected chi connectivity index (χ3v) is 7.54. The molecule has 0 bridgehead atoms. The minimum atomic E-state index is -0.268. The topological polar surface area (TPSA) is 53.1 Å². The molecule has 0 N–H and O–H groups in total. The van der Waals surface area contributed by atoms with Crippen molar-refractivity contribution in [2.45, 2.75) is 12.8 Å². The normalized spacial score (nSPS) is 19.9. The van der Waals surface area contributed by atoms with E-state index in [-0.39, 0.29) is 23.7 Å². The van der Waals surface area contributed by atoms with Crippen LogP contribution in [0.1, 0.15) is 27.4 Å². The van der Waals surface area contributed by atoms with Crippen LogP contribution in [0.3, 0.4) is 0 Å². The van der Waals surface area contributed by atoms with Gasteiger partial charge in [0.25, 0.3) is 5.91 Å². The third-order valence-electron chi connectivity index (χ3n) is 7.54. The van der Waals surface area contributed by atoms with Crippen molar-refractivity contribution in [1.29, 1.82) is 0 Å². The molecule has 36 heavy (non-hydrogen) atoms. The summed E-state index contributed by atoms with van der Waals surface area (Å²) >= 11 is 0. The molecule has 0 radical (unpaired) electrons. The summed E-state index contributed by atoms with van der Waals surface area (Å²) in [6.45, 7) is 6.08. The van der Waals surface area contributed by atoms with Crippen LogP contribution in [0.15, 0.2) is 78.9 Å². The highest BCUT2D eigenvalue weighted by Gasteiger charge is 2.42. The Hall–Kier alpha value is -3.80. The molecule has 0 spiro atoms. The zero-order chi connectivity index (χ0) is 25.1. The van der Waals surface area contributed by atoms with Crippen LogP contribution < -0.4 is 9.64 Å². The smallest absolute Gasteiger partial charge is 0.253 e. The number of amides is 2. The molecule has 2 saturated heterocycles. The Morgan fingerprint density at radius 1 is 0.778 bits per heavy atom. The first kappa shape index (κ1) is 23.9. The Kier molecular flexibility index (Phi) is 6.94. The van der Waals surface area contributed by atoms with Crippen molar-refractivity contribution in [2.75, 3.05) is 51.3 Å². The van der Waals surface area contributed by atoms with Crippen LogP contribution in [-0.4, -0.2) is 68.0 Å². The molecule has 2 fully saturated rings. The first-order valence-corrected chi connectivity index (χ1v) is 12.6. The number of aryl methyl sites for hydroxylation is 1. The highest BCUT2D eigenvalue weighted by Crippen LogP contribution is 2.36. The van der Waals surface area contributed by atoms with E-state index in [0.29, 0.717) is 31.7 Å². The molecule has 6 heteroatoms. The van der Waals surface area contributed by atoms with Gasteiger partial charge in [0, 0.05) is 56.4 Å². The molecule has 2 aliphatic heterocycles. The second kappa shape index (κ2) is 10.4. The Labute approximate surface area is 213 Å². The first-order chi connectivity index (χ1) is 17.5. The summed E-state index contributed by atoms with van der Waals surface area (Å²) < 4.78 is 5.33. The van der Waals surface area contributed by atoms with Crippen molar-refractivity contribution in [2.24, 2.45) is 5.92 Å². The maximum atomic E-state index is 13.9. The van der Waals surface area contributed by atoms with Gasteiger partial charge in [-0.25, -0.2) is 0 Å². The first-order valence-electron chi connectivity index (χ1n) is 12.6. The zero-order valence-corrected chi connectivity index (χ0v) is 21.0. The molecule has 6 nitrogen and oxygen atoms in total. The van der Waals surface area contributed by atoms with E-state index in [9.17, 15) is 9.59 Å². The fourth-order valence-electron chi connectivity index (χ4n) is 5.49. The van der Waals surface area contributed by atoms with Gasteiger partial charge in [0.1, 0.15) is 5.75 Å². The minimum absolute atomic E-state index is 0.0196. The fourth-order valence-corrected chi connectivity index (χ4v) is 5.49. The van der Waals surface area contributed by atoms with E-state index in [1.165, 1.54) is 11.3 Å². The summed E-state index contributed by atoms with van der Waals surface area (Å²) in [4.78, 5) is 33.3. The van der Waals surface area contributed by atoms with Gasteiger partial charge >= 0.3 is 0 Å². The van der Waals surface area contributed by atoms with E-state index in [0.717, 1.165) is 24.4 Å². The number of carbonyl (C=O) groups excluding carboxylic acids is 2.